The van der Waals surface area contributed by atoms with E-state index in [1.165, 1.54) is 18.2 Å². The molecule has 3 nitrogen and oxygen atoms in total. The van der Waals surface area contributed by atoms with E-state index in [4.69, 9.17) is 4.74 Å². The molecule has 0 amide bonds. The molecule has 2 aromatic carbocycles. The zero-order valence-corrected chi connectivity index (χ0v) is 13.7. The summed E-state index contributed by atoms with van der Waals surface area (Å²) in [6, 6.07) is 13.7. The number of piperazine rings is 1. The van der Waals surface area contributed by atoms with Gasteiger partial charge in [0.25, 0.3) is 0 Å². The van der Waals surface area contributed by atoms with E-state index in [0.29, 0.717) is 0 Å². The van der Waals surface area contributed by atoms with E-state index in [-0.39, 0.29) is 17.6 Å². The molecule has 3 rings (SSSR count). The lowest BCUT2D eigenvalue weighted by Crippen LogP contribution is -2.45. The van der Waals surface area contributed by atoms with Crippen LogP contribution in [0.15, 0.2) is 42.5 Å². The lowest BCUT2D eigenvalue weighted by molar-refractivity contribution is 0.197. The molecule has 1 unspecified atom stereocenters. The van der Waals surface area contributed by atoms with E-state index < -0.39 is 0 Å². The highest BCUT2D eigenvalue weighted by Crippen LogP contribution is 2.33. The zero-order chi connectivity index (χ0) is 16.2. The Morgan fingerprint density at radius 3 is 2.52 bits per heavy atom. The molecule has 4 heteroatoms. The molecule has 1 aliphatic heterocycles. The average Bonchev–Trinajstić information content (AvgIpc) is 2.58. The van der Waals surface area contributed by atoms with Crippen molar-refractivity contribution in [2.45, 2.75) is 13.0 Å². The zero-order valence-electron chi connectivity index (χ0n) is 13.7. The number of benzene rings is 2. The Kier molecular flexibility index (Phi) is 4.94. The summed E-state index contributed by atoms with van der Waals surface area (Å²) in [6.07, 6.45) is 0. The van der Waals surface area contributed by atoms with Crippen LogP contribution in [0.2, 0.25) is 0 Å². The topological polar surface area (TPSA) is 24.5 Å². The van der Waals surface area contributed by atoms with Gasteiger partial charge in [-0.25, -0.2) is 4.39 Å². The molecule has 1 saturated heterocycles. The van der Waals surface area contributed by atoms with Crippen LogP contribution in [0.1, 0.15) is 22.7 Å². The molecular formula is C19H23FN2O. The van der Waals surface area contributed by atoms with E-state index in [2.05, 4.69) is 35.3 Å². The standard InChI is InChI=1S/C19H23FN2O/c1-14-5-3-4-6-16(14)19(22-11-9-21-10-12-22)15-7-8-18(23-2)17(20)13-15/h3-8,13,19,21H,9-12H2,1-2H3. The highest BCUT2D eigenvalue weighted by atomic mass is 19.1. The number of nitrogens with one attached hydrogen (secondary N) is 1. The Bertz CT molecular complexity index is 668. The largest absolute Gasteiger partial charge is 0.494 e. The number of aryl methyl sites for hydroxylation is 1. The maximum absolute atomic E-state index is 14.2. The first kappa shape index (κ1) is 16.0. The van der Waals surface area contributed by atoms with Crippen molar-refractivity contribution in [1.82, 2.24) is 10.2 Å². The van der Waals surface area contributed by atoms with Crippen LogP contribution >= 0.6 is 0 Å². The smallest absolute Gasteiger partial charge is 0.165 e. The summed E-state index contributed by atoms with van der Waals surface area (Å²) < 4.78 is 19.3. The summed E-state index contributed by atoms with van der Waals surface area (Å²) in [7, 11) is 1.49. The van der Waals surface area contributed by atoms with E-state index in [9.17, 15) is 4.39 Å². The predicted octanol–water partition coefficient (Wildman–Crippen LogP) is 3.14. The normalized spacial score (nSPS) is 17.0. The van der Waals surface area contributed by atoms with Crippen LogP contribution in [0, 0.1) is 12.7 Å². The first-order valence-electron chi connectivity index (χ1n) is 8.04. The maximum atomic E-state index is 14.2. The molecule has 0 radical (unpaired) electrons. The van der Waals surface area contributed by atoms with Crippen molar-refractivity contribution in [3.8, 4) is 5.75 Å². The van der Waals surface area contributed by atoms with Gasteiger partial charge in [0.05, 0.1) is 13.2 Å². The Morgan fingerprint density at radius 2 is 1.87 bits per heavy atom. The minimum absolute atomic E-state index is 0.0682. The third-order valence-corrected chi connectivity index (χ3v) is 4.49. The highest BCUT2D eigenvalue weighted by Gasteiger charge is 2.25. The second-order valence-corrected chi connectivity index (χ2v) is 5.94. The van der Waals surface area contributed by atoms with Crippen molar-refractivity contribution >= 4 is 0 Å². The van der Waals surface area contributed by atoms with Gasteiger partial charge < -0.3 is 10.1 Å². The molecule has 0 spiro atoms. The molecule has 0 bridgehead atoms. The fourth-order valence-electron chi connectivity index (χ4n) is 3.27. The monoisotopic (exact) mass is 314 g/mol. The van der Waals surface area contributed by atoms with E-state index >= 15 is 0 Å². The number of rotatable bonds is 4. The second-order valence-electron chi connectivity index (χ2n) is 5.94. The fourth-order valence-corrected chi connectivity index (χ4v) is 3.27. The van der Waals surface area contributed by atoms with Crippen molar-refractivity contribution < 1.29 is 9.13 Å². The van der Waals surface area contributed by atoms with E-state index in [1.807, 2.05) is 12.1 Å². The van der Waals surface area contributed by atoms with Gasteiger partial charge in [0.2, 0.25) is 0 Å². The molecule has 23 heavy (non-hydrogen) atoms. The molecule has 2 aromatic rings. The summed E-state index contributed by atoms with van der Waals surface area (Å²) in [5, 5.41) is 3.38. The van der Waals surface area contributed by atoms with Gasteiger partial charge in [0, 0.05) is 26.2 Å². The fraction of sp³-hybridized carbons (Fsp3) is 0.368. The average molecular weight is 314 g/mol. The van der Waals surface area contributed by atoms with Gasteiger partial charge >= 0.3 is 0 Å². The quantitative estimate of drug-likeness (QED) is 0.938. The van der Waals surface area contributed by atoms with Crippen LogP contribution in [0.25, 0.3) is 0 Å². The Balaban J connectivity index is 2.04. The molecule has 1 fully saturated rings. The Morgan fingerprint density at radius 1 is 1.13 bits per heavy atom. The molecule has 0 aromatic heterocycles. The van der Waals surface area contributed by atoms with E-state index in [0.717, 1.165) is 31.7 Å². The number of hydrogen-bond acceptors (Lipinski definition) is 3. The molecule has 1 heterocycles. The summed E-state index contributed by atoms with van der Waals surface area (Å²) in [5.74, 6) is -0.0173. The van der Waals surface area contributed by atoms with Crippen molar-refractivity contribution in [3.05, 3.63) is 65.0 Å². The van der Waals surface area contributed by atoms with Crippen LogP contribution < -0.4 is 10.1 Å². The molecule has 0 aliphatic carbocycles. The number of halogens is 1. The molecule has 1 N–H and O–H groups in total. The summed E-state index contributed by atoms with van der Waals surface area (Å²) in [6.45, 7) is 5.94. The molecule has 0 saturated carbocycles. The minimum atomic E-state index is -0.307. The number of hydrogen-bond donors (Lipinski definition) is 1. The predicted molar refractivity (Wildman–Crippen MR) is 90.4 cm³/mol. The number of nitrogens with zero attached hydrogens (tertiary/aromatic N) is 1. The van der Waals surface area contributed by atoms with Gasteiger partial charge in [-0.15, -0.1) is 0 Å². The lowest BCUT2D eigenvalue weighted by Gasteiger charge is -2.36. The third kappa shape index (κ3) is 3.38. The summed E-state index contributed by atoms with van der Waals surface area (Å²) >= 11 is 0. The van der Waals surface area contributed by atoms with Crippen LogP contribution in [-0.4, -0.2) is 38.2 Å². The number of ether oxygens (including phenoxy) is 1. The van der Waals surface area contributed by atoms with Crippen LogP contribution in [0.3, 0.4) is 0 Å². The maximum Gasteiger partial charge on any atom is 0.165 e. The van der Waals surface area contributed by atoms with Crippen LogP contribution in [0.4, 0.5) is 4.39 Å². The van der Waals surface area contributed by atoms with Crippen molar-refractivity contribution in [2.24, 2.45) is 0 Å². The van der Waals surface area contributed by atoms with E-state index in [1.54, 1.807) is 12.1 Å². The minimum Gasteiger partial charge on any atom is -0.494 e. The van der Waals surface area contributed by atoms with Crippen molar-refractivity contribution in [1.29, 1.82) is 0 Å². The van der Waals surface area contributed by atoms with Crippen molar-refractivity contribution in [3.63, 3.8) is 0 Å². The lowest BCUT2D eigenvalue weighted by atomic mass is 9.93. The van der Waals surface area contributed by atoms with Gasteiger partial charge in [0.1, 0.15) is 0 Å². The van der Waals surface area contributed by atoms with Gasteiger partial charge in [-0.1, -0.05) is 30.3 Å². The second kappa shape index (κ2) is 7.11. The molecule has 1 aliphatic rings. The number of methoxy groups -OCH3 is 1. The Labute approximate surface area is 137 Å². The van der Waals surface area contributed by atoms with Crippen molar-refractivity contribution in [2.75, 3.05) is 33.3 Å². The summed E-state index contributed by atoms with van der Waals surface area (Å²) in [5.41, 5.74) is 3.44. The highest BCUT2D eigenvalue weighted by molar-refractivity contribution is 5.39. The third-order valence-electron chi connectivity index (χ3n) is 4.49. The van der Waals surface area contributed by atoms with Crippen LogP contribution in [0.5, 0.6) is 5.75 Å². The van der Waals surface area contributed by atoms with Crippen LogP contribution in [-0.2, 0) is 0 Å². The summed E-state index contributed by atoms with van der Waals surface area (Å²) in [4.78, 5) is 2.42. The Hall–Kier alpha value is -1.91. The SMILES string of the molecule is COc1ccc(C(c2ccccc2C)N2CCNCC2)cc1F. The first-order chi connectivity index (χ1) is 11.2. The van der Waals surface area contributed by atoms with Gasteiger partial charge in [-0.2, -0.15) is 0 Å². The first-order valence-corrected chi connectivity index (χ1v) is 8.04. The molecular weight excluding hydrogens is 291 g/mol. The van der Waals surface area contributed by atoms with Gasteiger partial charge in [-0.3, -0.25) is 4.90 Å². The molecule has 1 atom stereocenters. The van der Waals surface area contributed by atoms with Gasteiger partial charge in [-0.05, 0) is 35.7 Å². The molecule has 122 valence electrons. The van der Waals surface area contributed by atoms with Gasteiger partial charge in [0.15, 0.2) is 11.6 Å².